The van der Waals surface area contributed by atoms with Crippen LogP contribution in [0.2, 0.25) is 0 Å². The first-order valence-electron chi connectivity index (χ1n) is 14.9. The zero-order chi connectivity index (χ0) is 33.1. The molecular weight excluding hydrogens is 590 g/mol. The summed E-state index contributed by atoms with van der Waals surface area (Å²) in [5.41, 5.74) is 2.07. The number of amides is 2. The van der Waals surface area contributed by atoms with Gasteiger partial charge in [-0.05, 0) is 61.7 Å². The molecule has 2 amide bonds. The topological polar surface area (TPSA) is 160 Å². The van der Waals surface area contributed by atoms with Gasteiger partial charge in [0.05, 0.1) is 31.3 Å². The van der Waals surface area contributed by atoms with Crippen LogP contribution in [0.1, 0.15) is 32.0 Å². The minimum Gasteiger partial charge on any atom is -0.444 e. The SMILES string of the molecule is Cn1c(=O)oc2ccc(-c3ccc(C[C@@H](C#N)NC(=O)[C@@H]4CN(C(=O)OC(C)(C)C)CC(O)(Cc5ccccn5)CO4)cc3)cc21. The molecule has 2 aromatic heterocycles. The van der Waals surface area contributed by atoms with E-state index in [1.54, 1.807) is 58.3 Å². The van der Waals surface area contributed by atoms with Crippen molar-refractivity contribution in [3.05, 3.63) is 88.7 Å². The number of aryl methyl sites for hydroxylation is 1. The van der Waals surface area contributed by atoms with Crippen molar-refractivity contribution in [3.63, 3.8) is 0 Å². The van der Waals surface area contributed by atoms with E-state index >= 15 is 0 Å². The Morgan fingerprint density at radius 2 is 1.91 bits per heavy atom. The van der Waals surface area contributed by atoms with Gasteiger partial charge < -0.3 is 29.2 Å². The van der Waals surface area contributed by atoms with E-state index < -0.39 is 41.1 Å². The van der Waals surface area contributed by atoms with E-state index in [4.69, 9.17) is 13.9 Å². The van der Waals surface area contributed by atoms with Crippen molar-refractivity contribution >= 4 is 23.1 Å². The lowest BCUT2D eigenvalue weighted by molar-refractivity contribution is -0.135. The van der Waals surface area contributed by atoms with Gasteiger partial charge in [-0.15, -0.1) is 0 Å². The van der Waals surface area contributed by atoms with Crippen LogP contribution in [0.3, 0.4) is 0 Å². The van der Waals surface area contributed by atoms with Gasteiger partial charge in [-0.1, -0.05) is 36.4 Å². The standard InChI is InChI=1S/C34H37N5O7/c1-33(2,3)46-32(42)39-19-29(44-21-34(43,20-39)17-25-7-5-6-14-36-25)30(40)37-26(18-35)15-22-8-10-23(11-9-22)24-12-13-28-27(16-24)38(4)31(41)45-28/h5-14,16,26,29,43H,15,17,19-21H2,1-4H3,(H,37,40)/t26-,29-,34?/m0/s1. The zero-order valence-corrected chi connectivity index (χ0v) is 26.2. The molecule has 240 valence electrons. The average molecular weight is 628 g/mol. The first-order chi connectivity index (χ1) is 21.8. The van der Waals surface area contributed by atoms with Gasteiger partial charge in [-0.3, -0.25) is 14.3 Å². The maximum Gasteiger partial charge on any atom is 0.419 e. The number of nitrogens with one attached hydrogen (secondary N) is 1. The number of aliphatic hydroxyl groups is 1. The quantitative estimate of drug-likeness (QED) is 0.313. The van der Waals surface area contributed by atoms with Gasteiger partial charge in [-0.2, -0.15) is 5.26 Å². The number of β-amino-alcohol motifs (C(OH)–C–C–N with tert-alkyl or cyclic N) is 1. The second-order valence-electron chi connectivity index (χ2n) is 12.6. The number of aromatic nitrogens is 2. The predicted molar refractivity (Wildman–Crippen MR) is 169 cm³/mol. The normalized spacial score (nSPS) is 19.2. The van der Waals surface area contributed by atoms with E-state index in [0.29, 0.717) is 16.8 Å². The summed E-state index contributed by atoms with van der Waals surface area (Å²) in [6.45, 7) is 4.64. The third-order valence-electron chi connectivity index (χ3n) is 7.60. The fourth-order valence-corrected chi connectivity index (χ4v) is 5.31. The molecule has 1 saturated heterocycles. The number of fused-ring (bicyclic) bond motifs is 1. The number of rotatable bonds is 7. The van der Waals surface area contributed by atoms with Crippen LogP contribution < -0.4 is 11.1 Å². The van der Waals surface area contributed by atoms with Crippen molar-refractivity contribution in [1.29, 1.82) is 5.26 Å². The molecular formula is C34H37N5O7. The maximum atomic E-state index is 13.4. The molecule has 0 aliphatic carbocycles. The van der Waals surface area contributed by atoms with Crippen LogP contribution in [0.25, 0.3) is 22.2 Å². The average Bonchev–Trinajstić information content (AvgIpc) is 3.17. The van der Waals surface area contributed by atoms with Crippen LogP contribution in [0, 0.1) is 11.3 Å². The van der Waals surface area contributed by atoms with Crippen molar-refractivity contribution in [2.75, 3.05) is 19.7 Å². The van der Waals surface area contributed by atoms with Crippen molar-refractivity contribution in [3.8, 4) is 17.2 Å². The second-order valence-corrected chi connectivity index (χ2v) is 12.6. The molecule has 1 aliphatic heterocycles. The monoisotopic (exact) mass is 627 g/mol. The van der Waals surface area contributed by atoms with E-state index in [1.807, 2.05) is 36.4 Å². The molecule has 0 bridgehead atoms. The highest BCUT2D eigenvalue weighted by molar-refractivity contribution is 5.83. The molecule has 1 fully saturated rings. The Kier molecular flexibility index (Phi) is 9.27. The molecule has 2 aromatic carbocycles. The zero-order valence-electron chi connectivity index (χ0n) is 26.2. The van der Waals surface area contributed by atoms with E-state index in [-0.39, 0.29) is 32.5 Å². The molecule has 0 saturated carbocycles. The van der Waals surface area contributed by atoms with Crippen LogP contribution in [-0.2, 0) is 34.2 Å². The summed E-state index contributed by atoms with van der Waals surface area (Å²) < 4.78 is 18.1. The minimum atomic E-state index is -1.53. The number of benzene rings is 2. The Hall–Kier alpha value is -4.99. The maximum absolute atomic E-state index is 13.4. The van der Waals surface area contributed by atoms with Gasteiger partial charge in [0.1, 0.15) is 17.2 Å². The number of hydrogen-bond donors (Lipinski definition) is 2. The summed E-state index contributed by atoms with van der Waals surface area (Å²) in [6, 6.07) is 19.6. The number of hydrogen-bond acceptors (Lipinski definition) is 9. The summed E-state index contributed by atoms with van der Waals surface area (Å²) in [6.07, 6.45) is 0.0764. The fourth-order valence-electron chi connectivity index (χ4n) is 5.31. The molecule has 1 unspecified atom stereocenters. The largest absolute Gasteiger partial charge is 0.444 e. The Balaban J connectivity index is 1.27. The number of nitriles is 1. The van der Waals surface area contributed by atoms with E-state index in [0.717, 1.165) is 16.7 Å². The molecule has 1 aliphatic rings. The van der Waals surface area contributed by atoms with Gasteiger partial charge in [0.25, 0.3) is 5.91 Å². The van der Waals surface area contributed by atoms with Gasteiger partial charge in [0.15, 0.2) is 11.7 Å². The number of nitrogens with zero attached hydrogens (tertiary/aromatic N) is 4. The summed E-state index contributed by atoms with van der Waals surface area (Å²) in [5, 5.41) is 24.1. The summed E-state index contributed by atoms with van der Waals surface area (Å²) in [4.78, 5) is 43.9. The molecule has 3 heterocycles. The Morgan fingerprint density at radius 1 is 1.17 bits per heavy atom. The lowest BCUT2D eigenvalue weighted by Crippen LogP contribution is -2.50. The minimum absolute atomic E-state index is 0.0896. The third kappa shape index (κ3) is 7.80. The third-order valence-corrected chi connectivity index (χ3v) is 7.60. The van der Waals surface area contributed by atoms with Gasteiger partial charge in [0.2, 0.25) is 0 Å². The molecule has 5 rings (SSSR count). The Bertz CT molecular complexity index is 1800. The predicted octanol–water partition coefficient (Wildman–Crippen LogP) is 3.35. The highest BCUT2D eigenvalue weighted by Gasteiger charge is 2.41. The fraction of sp³-hybridized carbons (Fsp3) is 0.382. The molecule has 3 atom stereocenters. The first kappa shape index (κ1) is 32.4. The van der Waals surface area contributed by atoms with Crippen LogP contribution >= 0.6 is 0 Å². The molecule has 12 nitrogen and oxygen atoms in total. The summed E-state index contributed by atoms with van der Waals surface area (Å²) in [7, 11) is 1.65. The molecule has 2 N–H and O–H groups in total. The highest BCUT2D eigenvalue weighted by atomic mass is 16.6. The first-order valence-corrected chi connectivity index (χ1v) is 14.9. The van der Waals surface area contributed by atoms with E-state index in [9.17, 15) is 24.8 Å². The van der Waals surface area contributed by atoms with Crippen LogP contribution in [0.4, 0.5) is 4.79 Å². The van der Waals surface area contributed by atoms with Crippen LogP contribution in [-0.4, -0.2) is 74.6 Å². The van der Waals surface area contributed by atoms with Gasteiger partial charge in [-0.25, -0.2) is 9.59 Å². The van der Waals surface area contributed by atoms with Crippen molar-refractivity contribution < 1.29 is 28.6 Å². The summed E-state index contributed by atoms with van der Waals surface area (Å²) in [5.74, 6) is -1.02. The molecule has 0 spiro atoms. The van der Waals surface area contributed by atoms with E-state index in [2.05, 4.69) is 16.4 Å². The van der Waals surface area contributed by atoms with Gasteiger partial charge >= 0.3 is 11.8 Å². The smallest absolute Gasteiger partial charge is 0.419 e. The van der Waals surface area contributed by atoms with Crippen molar-refractivity contribution in [2.24, 2.45) is 7.05 Å². The lowest BCUT2D eigenvalue weighted by atomic mass is 9.98. The number of carbonyl (C=O) groups is 2. The Morgan fingerprint density at radius 3 is 2.59 bits per heavy atom. The molecule has 4 aromatic rings. The molecule has 0 radical (unpaired) electrons. The number of pyridine rings is 1. The van der Waals surface area contributed by atoms with Crippen LogP contribution in [0.15, 0.2) is 76.1 Å². The van der Waals surface area contributed by atoms with Crippen molar-refractivity contribution in [2.45, 2.75) is 57.0 Å². The number of oxazole rings is 1. The Labute approximate surface area is 266 Å². The van der Waals surface area contributed by atoms with Crippen LogP contribution in [0.5, 0.6) is 0 Å². The summed E-state index contributed by atoms with van der Waals surface area (Å²) >= 11 is 0. The molecule has 12 heteroatoms. The van der Waals surface area contributed by atoms with Crippen molar-refractivity contribution in [1.82, 2.24) is 19.8 Å². The number of carbonyl (C=O) groups excluding carboxylic acids is 2. The van der Waals surface area contributed by atoms with Gasteiger partial charge in [0, 0.05) is 31.8 Å². The number of ether oxygens (including phenoxy) is 2. The lowest BCUT2D eigenvalue weighted by Gasteiger charge is -2.32. The second kappa shape index (κ2) is 13.2. The highest BCUT2D eigenvalue weighted by Crippen LogP contribution is 2.25. The molecule has 46 heavy (non-hydrogen) atoms. The van der Waals surface area contributed by atoms with E-state index in [1.165, 1.54) is 9.47 Å².